The van der Waals surface area contributed by atoms with Gasteiger partial charge in [-0.15, -0.1) is 21.5 Å². The van der Waals surface area contributed by atoms with E-state index in [0.717, 1.165) is 58.8 Å². The van der Waals surface area contributed by atoms with Gasteiger partial charge in [0.15, 0.2) is 11.6 Å². The van der Waals surface area contributed by atoms with Crippen molar-refractivity contribution in [1.82, 2.24) is 20.1 Å². The number of benzene rings is 2. The number of hydrogen-bond acceptors (Lipinski definition) is 7. The SMILES string of the molecule is CCc1cc2c(s1)-n1c(nnc1[C@H](CCC(=O)OC1CCCCC1)NC(=O)c1ccc(Cl)c(Cl)c1)CN=C2c1ccccc1Cl. The van der Waals surface area contributed by atoms with E-state index in [1.54, 1.807) is 23.5 Å². The summed E-state index contributed by atoms with van der Waals surface area (Å²) in [6.45, 7) is 2.36. The molecule has 45 heavy (non-hydrogen) atoms. The fourth-order valence-electron chi connectivity index (χ4n) is 5.77. The first-order chi connectivity index (χ1) is 21.8. The minimum atomic E-state index is -0.672. The van der Waals surface area contributed by atoms with Gasteiger partial charge < -0.3 is 10.1 Å². The van der Waals surface area contributed by atoms with E-state index >= 15 is 0 Å². The number of hydrogen-bond donors (Lipinski definition) is 1. The Morgan fingerprint density at radius 2 is 1.80 bits per heavy atom. The summed E-state index contributed by atoms with van der Waals surface area (Å²) < 4.78 is 7.77. The standard InChI is InChI=1S/C33H32Cl3N5O3S/c1-2-21-17-23-30(22-10-6-7-11-24(22)34)37-18-28-39-40-31(41(28)33(23)45-21)27(14-15-29(42)44-20-8-4-3-5-9-20)38-32(43)19-12-13-25(35)26(36)16-19/h6-7,10-13,16-17,20,27H,2-5,8-9,14-15,18H2,1H3,(H,38,43)/t27-/m0/s1. The molecule has 0 saturated heterocycles. The molecule has 1 aliphatic carbocycles. The zero-order chi connectivity index (χ0) is 31.5. The number of halogens is 3. The summed E-state index contributed by atoms with van der Waals surface area (Å²) >= 11 is 20.6. The van der Waals surface area contributed by atoms with Crippen LogP contribution >= 0.6 is 46.1 Å². The molecule has 1 atom stereocenters. The second-order valence-corrected chi connectivity index (χ2v) is 13.5. The number of ether oxygens (including phenoxy) is 1. The monoisotopic (exact) mass is 683 g/mol. The fourth-order valence-corrected chi connectivity index (χ4v) is 7.42. The second-order valence-electron chi connectivity index (χ2n) is 11.2. The average Bonchev–Trinajstić information content (AvgIpc) is 3.63. The number of carbonyl (C=O) groups excluding carboxylic acids is 2. The molecule has 12 heteroatoms. The molecule has 234 valence electrons. The Labute approximate surface area is 280 Å². The lowest BCUT2D eigenvalue weighted by molar-refractivity contribution is -0.150. The molecule has 0 spiro atoms. The highest BCUT2D eigenvalue weighted by atomic mass is 35.5. The molecule has 2 aromatic carbocycles. The minimum Gasteiger partial charge on any atom is -0.462 e. The van der Waals surface area contributed by atoms with Crippen LogP contribution in [0.15, 0.2) is 53.5 Å². The lowest BCUT2D eigenvalue weighted by Gasteiger charge is -2.23. The molecule has 1 saturated carbocycles. The summed E-state index contributed by atoms with van der Waals surface area (Å²) in [5.74, 6) is 0.459. The van der Waals surface area contributed by atoms with Gasteiger partial charge in [-0.25, -0.2) is 0 Å². The molecule has 4 aromatic rings. The molecule has 0 bridgehead atoms. The molecule has 2 aliphatic rings. The van der Waals surface area contributed by atoms with E-state index in [0.29, 0.717) is 27.3 Å². The van der Waals surface area contributed by atoms with Crippen LogP contribution in [0, 0.1) is 0 Å². The van der Waals surface area contributed by atoms with E-state index in [9.17, 15) is 9.59 Å². The number of nitrogens with one attached hydrogen (secondary N) is 1. The third-order valence-corrected chi connectivity index (χ3v) is 10.5. The summed E-state index contributed by atoms with van der Waals surface area (Å²) in [5, 5.41) is 14.3. The Morgan fingerprint density at radius 3 is 2.56 bits per heavy atom. The molecule has 1 fully saturated rings. The average molecular weight is 685 g/mol. The Kier molecular flexibility index (Phi) is 9.90. The van der Waals surface area contributed by atoms with Crippen LogP contribution in [0.4, 0.5) is 0 Å². The number of esters is 1. The topological polar surface area (TPSA) is 98.5 Å². The number of aryl methyl sites for hydroxylation is 1. The van der Waals surface area contributed by atoms with Gasteiger partial charge in [0.2, 0.25) is 0 Å². The Balaban J connectivity index is 1.36. The van der Waals surface area contributed by atoms with Gasteiger partial charge in [0.05, 0.1) is 21.8 Å². The summed E-state index contributed by atoms with van der Waals surface area (Å²) in [5.41, 5.74) is 2.85. The third kappa shape index (κ3) is 6.97. The molecule has 0 radical (unpaired) electrons. The summed E-state index contributed by atoms with van der Waals surface area (Å²) in [7, 11) is 0. The molecule has 6 rings (SSSR count). The first kappa shape index (κ1) is 31.7. The molecule has 8 nitrogen and oxygen atoms in total. The van der Waals surface area contributed by atoms with Gasteiger partial charge in [0.1, 0.15) is 17.6 Å². The highest BCUT2D eigenvalue weighted by Crippen LogP contribution is 2.36. The van der Waals surface area contributed by atoms with E-state index in [1.807, 2.05) is 28.8 Å². The van der Waals surface area contributed by atoms with Crippen LogP contribution in [0.5, 0.6) is 0 Å². The maximum Gasteiger partial charge on any atom is 0.306 e. The highest BCUT2D eigenvalue weighted by Gasteiger charge is 2.31. The van der Waals surface area contributed by atoms with Crippen LogP contribution in [-0.2, 0) is 22.5 Å². The maximum atomic E-state index is 13.6. The molecule has 1 aliphatic heterocycles. The molecule has 2 aromatic heterocycles. The molecule has 3 heterocycles. The van der Waals surface area contributed by atoms with Gasteiger partial charge in [-0.2, -0.15) is 0 Å². The van der Waals surface area contributed by atoms with Crippen molar-refractivity contribution >= 4 is 63.7 Å². The smallest absolute Gasteiger partial charge is 0.306 e. The largest absolute Gasteiger partial charge is 0.462 e. The number of aromatic nitrogens is 3. The first-order valence-corrected chi connectivity index (χ1v) is 17.1. The number of aliphatic imine (C=N–C) groups is 1. The van der Waals surface area contributed by atoms with Crippen molar-refractivity contribution in [3.05, 3.63) is 96.8 Å². The maximum absolute atomic E-state index is 13.6. The van der Waals surface area contributed by atoms with Gasteiger partial charge in [0.25, 0.3) is 5.91 Å². The van der Waals surface area contributed by atoms with E-state index < -0.39 is 6.04 Å². The van der Waals surface area contributed by atoms with Crippen molar-refractivity contribution in [3.8, 4) is 5.00 Å². The summed E-state index contributed by atoms with van der Waals surface area (Å²) in [6.07, 6.45) is 6.19. The van der Waals surface area contributed by atoms with Crippen LogP contribution in [0.1, 0.15) is 95.9 Å². The number of carbonyl (C=O) groups is 2. The van der Waals surface area contributed by atoms with Gasteiger partial charge in [-0.1, -0.05) is 66.3 Å². The number of thiophene rings is 1. The Bertz CT molecular complexity index is 1760. The lowest BCUT2D eigenvalue weighted by Crippen LogP contribution is -2.31. The first-order valence-electron chi connectivity index (χ1n) is 15.1. The quantitative estimate of drug-likeness (QED) is 0.179. The lowest BCUT2D eigenvalue weighted by atomic mass is 9.98. The van der Waals surface area contributed by atoms with Crippen LogP contribution in [0.2, 0.25) is 15.1 Å². The van der Waals surface area contributed by atoms with Crippen molar-refractivity contribution < 1.29 is 14.3 Å². The van der Waals surface area contributed by atoms with Crippen molar-refractivity contribution in [2.45, 2.75) is 77.0 Å². The van der Waals surface area contributed by atoms with Crippen molar-refractivity contribution in [2.75, 3.05) is 0 Å². The Morgan fingerprint density at radius 1 is 1.00 bits per heavy atom. The van der Waals surface area contributed by atoms with Crippen LogP contribution in [0.3, 0.4) is 0 Å². The highest BCUT2D eigenvalue weighted by molar-refractivity contribution is 7.15. The minimum absolute atomic E-state index is 0.0543. The Hall–Kier alpha value is -3.24. The van der Waals surface area contributed by atoms with Crippen molar-refractivity contribution in [3.63, 3.8) is 0 Å². The van der Waals surface area contributed by atoms with Crippen molar-refractivity contribution in [2.24, 2.45) is 4.99 Å². The van der Waals surface area contributed by atoms with Crippen molar-refractivity contribution in [1.29, 1.82) is 0 Å². The van der Waals surface area contributed by atoms with Gasteiger partial charge >= 0.3 is 5.97 Å². The normalized spacial score (nSPS) is 15.4. The molecular formula is C33H32Cl3N5O3S. The van der Waals surface area contributed by atoms with E-state index in [2.05, 4.69) is 28.5 Å². The number of fused-ring (bicyclic) bond motifs is 3. The third-order valence-electron chi connectivity index (χ3n) is 8.12. The molecule has 0 unspecified atom stereocenters. The predicted octanol–water partition coefficient (Wildman–Crippen LogP) is 8.33. The number of nitrogens with zero attached hydrogens (tertiary/aromatic N) is 4. The van der Waals surface area contributed by atoms with Gasteiger partial charge in [-0.3, -0.25) is 19.1 Å². The molecule has 1 amide bonds. The zero-order valence-corrected chi connectivity index (χ0v) is 27.8. The fraction of sp³-hybridized carbons (Fsp3) is 0.364. The molecular weight excluding hydrogens is 653 g/mol. The van der Waals surface area contributed by atoms with Crippen LogP contribution in [-0.4, -0.2) is 38.5 Å². The van der Waals surface area contributed by atoms with E-state index in [4.69, 9.17) is 44.5 Å². The number of rotatable bonds is 9. The van der Waals surface area contributed by atoms with Gasteiger partial charge in [-0.05, 0) is 68.9 Å². The second kappa shape index (κ2) is 14.0. The molecule has 1 N–H and O–H groups in total. The van der Waals surface area contributed by atoms with Crippen LogP contribution in [0.25, 0.3) is 5.00 Å². The van der Waals surface area contributed by atoms with Gasteiger partial charge in [0, 0.05) is 33.0 Å². The van der Waals surface area contributed by atoms with Crippen LogP contribution < -0.4 is 5.32 Å². The zero-order valence-electron chi connectivity index (χ0n) is 24.7. The van der Waals surface area contributed by atoms with E-state index in [1.165, 1.54) is 12.5 Å². The predicted molar refractivity (Wildman–Crippen MR) is 178 cm³/mol. The number of amides is 1. The summed E-state index contributed by atoms with van der Waals surface area (Å²) in [6, 6.07) is 13.8. The van der Waals surface area contributed by atoms with E-state index in [-0.39, 0.29) is 42.4 Å². The summed E-state index contributed by atoms with van der Waals surface area (Å²) in [4.78, 5) is 32.7.